The molecule has 1 rings (SSSR count). The predicted octanol–water partition coefficient (Wildman–Crippen LogP) is 1.71. The quantitative estimate of drug-likeness (QED) is 0.349. The number of ether oxygens (including phenoxy) is 3. The van der Waals surface area contributed by atoms with Crippen molar-refractivity contribution < 1.29 is 33.4 Å². The minimum Gasteiger partial charge on any atom is -0.465 e. The highest BCUT2D eigenvalue weighted by atomic mass is 16.6. The van der Waals surface area contributed by atoms with Crippen molar-refractivity contribution in [3.8, 4) is 0 Å². The zero-order valence-corrected chi connectivity index (χ0v) is 15.2. The van der Waals surface area contributed by atoms with Crippen LogP contribution >= 0.6 is 0 Å². The molecule has 0 fully saturated rings. The molecule has 0 aromatic heterocycles. The van der Waals surface area contributed by atoms with Crippen LogP contribution in [0.4, 0.5) is 0 Å². The smallest absolute Gasteiger partial charge is 0.316 e. The first-order chi connectivity index (χ1) is 12.3. The predicted molar refractivity (Wildman–Crippen MR) is 93.1 cm³/mol. The second-order valence-corrected chi connectivity index (χ2v) is 5.71. The van der Waals surface area contributed by atoms with E-state index >= 15 is 0 Å². The van der Waals surface area contributed by atoms with Gasteiger partial charge in [0, 0.05) is 18.9 Å². The largest absolute Gasteiger partial charge is 0.465 e. The van der Waals surface area contributed by atoms with Gasteiger partial charge in [-0.05, 0) is 19.9 Å². The summed E-state index contributed by atoms with van der Waals surface area (Å²) in [6.45, 7) is 8.16. The average molecular weight is 364 g/mol. The summed E-state index contributed by atoms with van der Waals surface area (Å²) in [5.41, 5.74) is 0.139. The number of carbonyl (C=O) groups excluding carboxylic acids is 4. The van der Waals surface area contributed by atoms with Crippen LogP contribution in [-0.2, 0) is 33.4 Å². The number of rotatable bonds is 9. The molecule has 142 valence electrons. The van der Waals surface area contributed by atoms with Crippen LogP contribution in [0.3, 0.4) is 0 Å². The van der Waals surface area contributed by atoms with Crippen LogP contribution in [0.15, 0.2) is 36.5 Å². The van der Waals surface area contributed by atoms with Crippen LogP contribution < -0.4 is 0 Å². The van der Waals surface area contributed by atoms with Gasteiger partial charge in [0.25, 0.3) is 0 Å². The lowest BCUT2D eigenvalue weighted by molar-refractivity contribution is -0.160. The van der Waals surface area contributed by atoms with E-state index in [2.05, 4.69) is 6.58 Å². The van der Waals surface area contributed by atoms with Crippen LogP contribution in [0.1, 0.15) is 27.2 Å². The minimum atomic E-state index is -0.934. The van der Waals surface area contributed by atoms with Gasteiger partial charge in [-0.3, -0.25) is 19.2 Å². The molecule has 0 N–H and O–H groups in total. The van der Waals surface area contributed by atoms with Crippen molar-refractivity contribution in [3.05, 3.63) is 36.5 Å². The molecule has 7 heteroatoms. The summed E-state index contributed by atoms with van der Waals surface area (Å²) in [6.07, 6.45) is 3.86. The summed E-state index contributed by atoms with van der Waals surface area (Å²) in [5.74, 6) is -2.39. The van der Waals surface area contributed by atoms with Gasteiger partial charge in [-0.15, -0.1) is 0 Å². The Balaban J connectivity index is 3.15. The number of carbonyl (C=O) groups is 4. The Hall–Kier alpha value is -2.54. The maximum absolute atomic E-state index is 12.3. The van der Waals surface area contributed by atoms with Crippen molar-refractivity contribution in [3.63, 3.8) is 0 Å². The Morgan fingerprint density at radius 1 is 1.42 bits per heavy atom. The fraction of sp³-hybridized carbons (Fsp3) is 0.474. The molecule has 0 unspecified atom stereocenters. The van der Waals surface area contributed by atoms with Gasteiger partial charge in [-0.25, -0.2) is 0 Å². The summed E-state index contributed by atoms with van der Waals surface area (Å²) < 4.78 is 15.9. The van der Waals surface area contributed by atoms with Crippen molar-refractivity contribution in [1.82, 2.24) is 0 Å². The molecule has 7 nitrogen and oxygen atoms in total. The zero-order chi connectivity index (χ0) is 19.7. The van der Waals surface area contributed by atoms with E-state index in [1.165, 1.54) is 25.2 Å². The van der Waals surface area contributed by atoms with Crippen LogP contribution in [-0.4, -0.2) is 48.9 Å². The normalized spacial score (nSPS) is 22.3. The van der Waals surface area contributed by atoms with E-state index in [4.69, 9.17) is 14.2 Å². The Bertz CT molecular complexity index is 617. The lowest BCUT2D eigenvalue weighted by Gasteiger charge is -2.30. The van der Waals surface area contributed by atoms with Crippen molar-refractivity contribution >= 4 is 24.0 Å². The van der Waals surface area contributed by atoms with Gasteiger partial charge >= 0.3 is 11.9 Å². The topological polar surface area (TPSA) is 96.0 Å². The summed E-state index contributed by atoms with van der Waals surface area (Å²) in [7, 11) is 0. The van der Waals surface area contributed by atoms with E-state index in [0.717, 1.165) is 0 Å². The third kappa shape index (κ3) is 6.07. The number of esters is 2. The molecular formula is C19H24O7. The fourth-order valence-corrected chi connectivity index (χ4v) is 2.55. The second kappa shape index (κ2) is 10.5. The summed E-state index contributed by atoms with van der Waals surface area (Å²) in [5, 5.41) is 0. The summed E-state index contributed by atoms with van der Waals surface area (Å²) in [4.78, 5) is 46.8. The van der Waals surface area contributed by atoms with E-state index < -0.39 is 36.2 Å². The first kappa shape index (κ1) is 21.5. The SMILES string of the molecule is C=C/C=C/[C@H](C(=O)OCC)[C@H](C[C@@H]1O[C@@H](C)C(=O)C=C1C=O)OC(C)=O. The number of allylic oxidation sites excluding steroid dienone is 2. The number of aldehydes is 1. The first-order valence-corrected chi connectivity index (χ1v) is 8.33. The highest BCUT2D eigenvalue weighted by Crippen LogP contribution is 2.25. The standard InChI is InChI=1S/C19H24O7/c1-5-7-8-15(19(23)24-6-2)18(26-13(4)21)10-17-14(11-20)9-16(22)12(3)25-17/h5,7-9,11-12,15,17-18H,1,6,10H2,2-4H3/b8-7+/t12-,15-,17-,18-/m0/s1. The van der Waals surface area contributed by atoms with Gasteiger partial charge in [-0.2, -0.15) is 0 Å². The van der Waals surface area contributed by atoms with Gasteiger partial charge < -0.3 is 14.2 Å². The lowest BCUT2D eigenvalue weighted by Crippen LogP contribution is -2.40. The maximum Gasteiger partial charge on any atom is 0.316 e. The third-order valence-electron chi connectivity index (χ3n) is 3.76. The number of hydrogen-bond donors (Lipinski definition) is 0. The average Bonchev–Trinajstić information content (AvgIpc) is 2.57. The molecule has 1 heterocycles. The molecular weight excluding hydrogens is 340 g/mol. The number of hydrogen-bond acceptors (Lipinski definition) is 7. The molecule has 0 aromatic carbocycles. The molecule has 26 heavy (non-hydrogen) atoms. The maximum atomic E-state index is 12.3. The first-order valence-electron chi connectivity index (χ1n) is 8.33. The van der Waals surface area contributed by atoms with Crippen LogP contribution in [0, 0.1) is 5.92 Å². The Morgan fingerprint density at radius 2 is 2.12 bits per heavy atom. The van der Waals surface area contributed by atoms with E-state index in [1.54, 1.807) is 19.9 Å². The van der Waals surface area contributed by atoms with Gasteiger partial charge in [-0.1, -0.05) is 24.8 Å². The number of ketones is 1. The van der Waals surface area contributed by atoms with Crippen LogP contribution in [0.2, 0.25) is 0 Å². The molecule has 0 radical (unpaired) electrons. The van der Waals surface area contributed by atoms with Crippen molar-refractivity contribution in [1.29, 1.82) is 0 Å². The van der Waals surface area contributed by atoms with E-state index in [9.17, 15) is 19.2 Å². The highest BCUT2D eigenvalue weighted by molar-refractivity contribution is 5.99. The Morgan fingerprint density at radius 3 is 2.65 bits per heavy atom. The lowest BCUT2D eigenvalue weighted by atomic mass is 9.91. The molecule has 0 aliphatic carbocycles. The van der Waals surface area contributed by atoms with Gasteiger partial charge in [0.2, 0.25) is 0 Å². The van der Waals surface area contributed by atoms with Gasteiger partial charge in [0.1, 0.15) is 24.4 Å². The van der Waals surface area contributed by atoms with E-state index in [-0.39, 0.29) is 24.4 Å². The van der Waals surface area contributed by atoms with Gasteiger partial charge in [0.05, 0.1) is 12.7 Å². The summed E-state index contributed by atoms with van der Waals surface area (Å²) >= 11 is 0. The molecule has 0 aromatic rings. The zero-order valence-electron chi connectivity index (χ0n) is 15.2. The third-order valence-corrected chi connectivity index (χ3v) is 3.76. The monoisotopic (exact) mass is 364 g/mol. The Labute approximate surface area is 152 Å². The molecule has 0 spiro atoms. The molecule has 0 saturated heterocycles. The van der Waals surface area contributed by atoms with Crippen molar-refractivity contribution in [2.45, 2.75) is 45.5 Å². The van der Waals surface area contributed by atoms with E-state index in [0.29, 0.717) is 6.29 Å². The molecule has 0 saturated carbocycles. The molecule has 1 aliphatic heterocycles. The van der Waals surface area contributed by atoms with Crippen molar-refractivity contribution in [2.75, 3.05) is 6.61 Å². The van der Waals surface area contributed by atoms with E-state index in [1.807, 2.05) is 0 Å². The molecule has 0 amide bonds. The fourth-order valence-electron chi connectivity index (χ4n) is 2.55. The molecule has 1 aliphatic rings. The second-order valence-electron chi connectivity index (χ2n) is 5.71. The van der Waals surface area contributed by atoms with Crippen LogP contribution in [0.25, 0.3) is 0 Å². The van der Waals surface area contributed by atoms with Crippen LogP contribution in [0.5, 0.6) is 0 Å². The Kier molecular flexibility index (Phi) is 8.64. The highest BCUT2D eigenvalue weighted by Gasteiger charge is 2.36. The molecule has 0 bridgehead atoms. The summed E-state index contributed by atoms with van der Waals surface area (Å²) in [6, 6.07) is 0. The molecule has 4 atom stereocenters. The van der Waals surface area contributed by atoms with Crippen molar-refractivity contribution in [2.24, 2.45) is 5.92 Å². The minimum absolute atomic E-state index is 0.0206. The van der Waals surface area contributed by atoms with Gasteiger partial charge in [0.15, 0.2) is 5.78 Å².